The topological polar surface area (TPSA) is 149 Å². The maximum Gasteiger partial charge on any atom is 0.185 e. The van der Waals surface area contributed by atoms with Gasteiger partial charge in [-0.05, 0) is 0 Å². The van der Waals surface area contributed by atoms with Crippen molar-refractivity contribution in [3.05, 3.63) is 71.8 Å². The van der Waals surface area contributed by atoms with Crippen LogP contribution in [0.15, 0.2) is 60.7 Å². The van der Waals surface area contributed by atoms with Crippen LogP contribution >= 0.6 is 0 Å². The molecule has 0 spiro atoms. The Morgan fingerprint density at radius 1 is 0.595 bits per heavy atom. The second-order valence-electron chi connectivity index (χ2n) is 7.81. The molecule has 2 aromatic rings. The van der Waals surface area contributed by atoms with Gasteiger partial charge in [-0.15, -0.1) is 0 Å². The number of benzene rings is 2. The van der Waals surface area contributed by atoms with Gasteiger partial charge in [-0.25, -0.2) is 0 Å². The summed E-state index contributed by atoms with van der Waals surface area (Å²) in [5.74, 6) is -7.07. The maximum absolute atomic E-state index is 11.2. The van der Waals surface area contributed by atoms with E-state index in [1.54, 1.807) is 45.3 Å². The van der Waals surface area contributed by atoms with Crippen molar-refractivity contribution in [2.75, 3.05) is 0 Å². The predicted octanol–water partition coefficient (Wildman–Crippen LogP) is 2.28. The minimum absolute atomic E-state index is 0.149. The summed E-state index contributed by atoms with van der Waals surface area (Å²) in [5, 5.41) is 20.1. The normalized spacial score (nSPS) is 9.35. The molecule has 0 saturated heterocycles. The third-order valence-corrected chi connectivity index (χ3v) is 8.74. The molecule has 2 rings (SSSR count). The van der Waals surface area contributed by atoms with Crippen LogP contribution in [-0.4, -0.2) is 56.2 Å². The van der Waals surface area contributed by atoms with E-state index in [-0.39, 0.29) is 21.1 Å². The summed E-state index contributed by atoms with van der Waals surface area (Å²) in [7, 11) is 0. The third kappa shape index (κ3) is 17.0. The Labute approximate surface area is 227 Å². The summed E-state index contributed by atoms with van der Waals surface area (Å²) in [4.78, 5) is 63.9. The smallest absolute Gasteiger partial charge is 0.185 e. The molecule has 0 aliphatic carbocycles. The summed E-state index contributed by atoms with van der Waals surface area (Å²) in [6, 6.07) is 16.1. The van der Waals surface area contributed by atoms with Gasteiger partial charge in [-0.3, -0.25) is 19.2 Å². The Morgan fingerprint density at radius 3 is 1.19 bits per heavy atom. The number of rotatable bonds is 14. The zero-order valence-electron chi connectivity index (χ0n) is 21.2. The summed E-state index contributed by atoms with van der Waals surface area (Å²) in [6.07, 6.45) is 4.55. The van der Waals surface area contributed by atoms with Crippen molar-refractivity contribution in [3.63, 3.8) is 0 Å². The summed E-state index contributed by atoms with van der Waals surface area (Å²) in [5.41, 5.74) is 0.643. The van der Waals surface area contributed by atoms with Gasteiger partial charge in [0.05, 0.1) is 12.8 Å². The van der Waals surface area contributed by atoms with Crippen molar-refractivity contribution in [1.29, 1.82) is 0 Å². The predicted molar refractivity (Wildman–Crippen MR) is 136 cm³/mol. The van der Waals surface area contributed by atoms with Gasteiger partial charge < -0.3 is 19.8 Å². The SMILES string of the molecule is CCC[CH2][Sn+2][CH2]CCC.O=C([O-])C(=O)CC(=O)c1ccccc1.O=C([O-])C(=O)CC(=O)c1ccccc1. The molecule has 0 amide bonds. The van der Waals surface area contributed by atoms with E-state index in [1.165, 1.54) is 49.9 Å². The fourth-order valence-electron chi connectivity index (χ4n) is 2.62. The zero-order chi connectivity index (χ0) is 28.1. The van der Waals surface area contributed by atoms with Crippen LogP contribution in [0.1, 0.15) is 73.1 Å². The van der Waals surface area contributed by atoms with Gasteiger partial charge in [0.2, 0.25) is 0 Å². The third-order valence-electron chi connectivity index (χ3n) is 4.70. The molecule has 0 aliphatic rings. The quantitative estimate of drug-likeness (QED) is 0.103. The van der Waals surface area contributed by atoms with E-state index in [0.717, 1.165) is 0 Å². The Hall–Kier alpha value is -3.14. The number of hydrogen-bond acceptors (Lipinski definition) is 8. The fraction of sp³-hybridized carbons (Fsp3) is 0.357. The summed E-state index contributed by atoms with van der Waals surface area (Å²) < 4.78 is 3.25. The molecule has 0 heterocycles. The van der Waals surface area contributed by atoms with Gasteiger partial charge in [0, 0.05) is 11.1 Å². The number of aliphatic carboxylic acids is 2. The van der Waals surface area contributed by atoms with Crippen LogP contribution in [0.2, 0.25) is 8.87 Å². The van der Waals surface area contributed by atoms with Gasteiger partial charge in [-0.2, -0.15) is 0 Å². The monoisotopic (exact) mass is 616 g/mol. The molecule has 0 aliphatic heterocycles. The molecule has 0 radical (unpaired) electrons. The molecule has 2 aromatic carbocycles. The van der Waals surface area contributed by atoms with Crippen LogP contribution in [0.4, 0.5) is 0 Å². The molecular weight excluding hydrogens is 583 g/mol. The van der Waals surface area contributed by atoms with Crippen molar-refractivity contribution >= 4 is 56.2 Å². The summed E-state index contributed by atoms with van der Waals surface area (Å²) in [6.45, 7) is 4.58. The standard InChI is InChI=1S/2C10H8O4.2C4H9.Sn/c2*11-8(6-9(12)10(13)14)7-4-2-1-3-5-7;2*1-3-4-2;/h2*1-5H,6H2,(H,13,14);2*1,3-4H2,2H3;/q;;;;+2/p-2. The van der Waals surface area contributed by atoms with Gasteiger partial charge in [0.25, 0.3) is 0 Å². The average molecular weight is 615 g/mol. The van der Waals surface area contributed by atoms with Crippen LogP contribution in [0, 0.1) is 0 Å². The van der Waals surface area contributed by atoms with Crippen molar-refractivity contribution in [2.45, 2.75) is 61.2 Å². The first-order valence-corrected chi connectivity index (χ1v) is 16.0. The molecule has 0 unspecified atom stereocenters. The van der Waals surface area contributed by atoms with Crippen molar-refractivity contribution in [3.8, 4) is 0 Å². The minimum Gasteiger partial charge on any atom is -0.542 e. The number of carbonyl (C=O) groups is 6. The summed E-state index contributed by atoms with van der Waals surface area (Å²) >= 11 is 0.149. The molecule has 8 nitrogen and oxygen atoms in total. The molecular formula is C28H32O8Sn. The second-order valence-corrected chi connectivity index (χ2v) is 12.1. The van der Waals surface area contributed by atoms with E-state index in [4.69, 9.17) is 0 Å². The Kier molecular flexibility index (Phi) is 19.2. The first-order valence-electron chi connectivity index (χ1n) is 12.0. The van der Waals surface area contributed by atoms with Crippen LogP contribution in [0.3, 0.4) is 0 Å². The van der Waals surface area contributed by atoms with E-state index in [2.05, 4.69) is 13.8 Å². The molecule has 196 valence electrons. The largest absolute Gasteiger partial charge is 0.542 e. The maximum atomic E-state index is 11.2. The van der Waals surface area contributed by atoms with E-state index >= 15 is 0 Å². The molecule has 0 saturated carbocycles. The Morgan fingerprint density at radius 2 is 0.919 bits per heavy atom. The molecule has 0 fully saturated rings. The first-order chi connectivity index (χ1) is 17.6. The fourth-order valence-corrected chi connectivity index (χ4v) is 6.78. The van der Waals surface area contributed by atoms with Crippen LogP contribution in [-0.2, 0) is 19.2 Å². The number of carboxylic acids is 2. The van der Waals surface area contributed by atoms with E-state index < -0.39 is 47.9 Å². The molecule has 0 bridgehead atoms. The number of carboxylic acid groups (broad SMARTS) is 2. The molecule has 0 aromatic heterocycles. The van der Waals surface area contributed by atoms with Crippen LogP contribution < -0.4 is 10.2 Å². The van der Waals surface area contributed by atoms with Gasteiger partial charge >= 0.3 is 69.5 Å². The second kappa shape index (κ2) is 21.0. The molecule has 0 N–H and O–H groups in total. The van der Waals surface area contributed by atoms with Gasteiger partial charge in [-0.1, -0.05) is 60.7 Å². The van der Waals surface area contributed by atoms with Crippen LogP contribution in [0.25, 0.3) is 0 Å². The van der Waals surface area contributed by atoms with Gasteiger partial charge in [0.1, 0.15) is 11.9 Å². The Bertz CT molecular complexity index is 922. The number of unbranched alkanes of at least 4 members (excludes halogenated alkanes) is 2. The average Bonchev–Trinajstić information content (AvgIpc) is 2.90. The number of Topliss-reactive ketones (excluding diaryl/α,β-unsaturated/α-hetero) is 4. The molecule has 0 atom stereocenters. The van der Waals surface area contributed by atoms with E-state index in [1.807, 2.05) is 0 Å². The molecule has 37 heavy (non-hydrogen) atoms. The number of hydrogen-bond donors (Lipinski definition) is 0. The number of ketones is 4. The number of carbonyl (C=O) groups excluding carboxylic acids is 6. The van der Waals surface area contributed by atoms with Crippen molar-refractivity contribution in [2.24, 2.45) is 0 Å². The van der Waals surface area contributed by atoms with Gasteiger partial charge in [0.15, 0.2) is 23.1 Å². The van der Waals surface area contributed by atoms with E-state index in [9.17, 15) is 39.0 Å². The van der Waals surface area contributed by atoms with Crippen LogP contribution in [0.5, 0.6) is 0 Å². The van der Waals surface area contributed by atoms with Crippen molar-refractivity contribution in [1.82, 2.24) is 0 Å². The Balaban J connectivity index is 0.000000541. The first kappa shape index (κ1) is 33.9. The van der Waals surface area contributed by atoms with E-state index in [0.29, 0.717) is 11.1 Å². The zero-order valence-corrected chi connectivity index (χ0v) is 24.1. The van der Waals surface area contributed by atoms with Crippen molar-refractivity contribution < 1.29 is 39.0 Å². The minimum atomic E-state index is -1.82. The molecule has 9 heteroatoms.